The molecule has 1 N–H and O–H groups in total. The van der Waals surface area contributed by atoms with Crippen molar-refractivity contribution in [3.05, 3.63) is 78.9 Å². The summed E-state index contributed by atoms with van der Waals surface area (Å²) >= 11 is 0. The molecule has 134 valence electrons. The van der Waals surface area contributed by atoms with Gasteiger partial charge in [0.05, 0.1) is 6.20 Å². The van der Waals surface area contributed by atoms with Crippen LogP contribution in [0.5, 0.6) is 11.6 Å². The number of anilines is 1. The summed E-state index contributed by atoms with van der Waals surface area (Å²) < 4.78 is 7.66. The molecule has 0 unspecified atom stereocenters. The van der Waals surface area contributed by atoms with Crippen molar-refractivity contribution in [1.29, 1.82) is 0 Å². The van der Waals surface area contributed by atoms with Gasteiger partial charge in [0.15, 0.2) is 0 Å². The number of para-hydroxylation sites is 1. The summed E-state index contributed by atoms with van der Waals surface area (Å²) in [5.41, 5.74) is 2.76. The van der Waals surface area contributed by atoms with E-state index in [9.17, 15) is 4.79 Å². The number of carbonyl (C=O) groups excluding carboxylic acids is 1. The Labute approximate surface area is 156 Å². The van der Waals surface area contributed by atoms with Crippen molar-refractivity contribution in [2.45, 2.75) is 13.5 Å². The van der Waals surface area contributed by atoms with E-state index in [0.717, 1.165) is 16.6 Å². The second kappa shape index (κ2) is 7.29. The van der Waals surface area contributed by atoms with Crippen LogP contribution >= 0.6 is 0 Å². The molecule has 4 aromatic rings. The van der Waals surface area contributed by atoms with E-state index in [2.05, 4.69) is 21.4 Å². The Bertz CT molecular complexity index is 1090. The van der Waals surface area contributed by atoms with Gasteiger partial charge in [-0.1, -0.05) is 24.3 Å². The SMILES string of the molecule is Cc1cc2ccccc2n1CC(=O)Nc1cccc(Oc2cnccn2)c1. The number of amides is 1. The van der Waals surface area contributed by atoms with Crippen LogP contribution in [0.15, 0.2) is 73.2 Å². The quantitative estimate of drug-likeness (QED) is 0.581. The smallest absolute Gasteiger partial charge is 0.244 e. The minimum Gasteiger partial charge on any atom is -0.437 e. The van der Waals surface area contributed by atoms with Crippen LogP contribution in [-0.4, -0.2) is 20.4 Å². The second-order valence-electron chi connectivity index (χ2n) is 6.15. The van der Waals surface area contributed by atoms with E-state index >= 15 is 0 Å². The molecule has 0 bridgehead atoms. The molecule has 0 aliphatic rings. The summed E-state index contributed by atoms with van der Waals surface area (Å²) in [5, 5.41) is 4.05. The zero-order chi connectivity index (χ0) is 18.6. The number of carbonyl (C=O) groups is 1. The minimum absolute atomic E-state index is 0.101. The first-order chi connectivity index (χ1) is 13.2. The van der Waals surface area contributed by atoms with E-state index in [-0.39, 0.29) is 12.5 Å². The normalized spacial score (nSPS) is 10.7. The topological polar surface area (TPSA) is 69.0 Å². The van der Waals surface area contributed by atoms with Gasteiger partial charge in [0.25, 0.3) is 0 Å². The Morgan fingerprint density at radius 3 is 2.85 bits per heavy atom. The monoisotopic (exact) mass is 358 g/mol. The Morgan fingerprint density at radius 2 is 2.00 bits per heavy atom. The van der Waals surface area contributed by atoms with Crippen LogP contribution in [0, 0.1) is 6.92 Å². The summed E-state index contributed by atoms with van der Waals surface area (Å²) in [7, 11) is 0. The van der Waals surface area contributed by atoms with Crippen molar-refractivity contribution in [3.63, 3.8) is 0 Å². The van der Waals surface area contributed by atoms with Crippen molar-refractivity contribution in [2.75, 3.05) is 5.32 Å². The predicted molar refractivity (Wildman–Crippen MR) is 104 cm³/mol. The molecule has 6 heteroatoms. The molecule has 0 atom stereocenters. The van der Waals surface area contributed by atoms with Gasteiger partial charge >= 0.3 is 0 Å². The van der Waals surface area contributed by atoms with Crippen molar-refractivity contribution in [2.24, 2.45) is 0 Å². The molecule has 0 aliphatic heterocycles. The maximum atomic E-state index is 12.6. The van der Waals surface area contributed by atoms with E-state index in [4.69, 9.17) is 4.74 Å². The lowest BCUT2D eigenvalue weighted by Gasteiger charge is -2.10. The van der Waals surface area contributed by atoms with E-state index in [1.165, 1.54) is 6.20 Å². The summed E-state index contributed by atoms with van der Waals surface area (Å²) in [4.78, 5) is 20.6. The van der Waals surface area contributed by atoms with Crippen LogP contribution in [0.4, 0.5) is 5.69 Å². The Morgan fingerprint density at radius 1 is 1.11 bits per heavy atom. The minimum atomic E-state index is -0.101. The first-order valence-corrected chi connectivity index (χ1v) is 8.58. The lowest BCUT2D eigenvalue weighted by atomic mass is 10.2. The van der Waals surface area contributed by atoms with Gasteiger partial charge in [0, 0.05) is 35.4 Å². The standard InChI is InChI=1S/C21H18N4O2/c1-15-11-16-5-2-3-8-19(16)25(15)14-20(26)24-17-6-4-7-18(12-17)27-21-13-22-9-10-23-21/h2-13H,14H2,1H3,(H,24,26). The number of nitrogens with zero attached hydrogens (tertiary/aromatic N) is 3. The Hall–Kier alpha value is -3.67. The Kier molecular flexibility index (Phi) is 4.53. The van der Waals surface area contributed by atoms with Crippen molar-refractivity contribution in [1.82, 2.24) is 14.5 Å². The van der Waals surface area contributed by atoms with E-state index in [0.29, 0.717) is 17.3 Å². The summed E-state index contributed by atoms with van der Waals surface area (Å²) in [5.74, 6) is 0.877. The van der Waals surface area contributed by atoms with Crippen LogP contribution in [0.25, 0.3) is 10.9 Å². The van der Waals surface area contributed by atoms with Gasteiger partial charge < -0.3 is 14.6 Å². The molecule has 6 nitrogen and oxygen atoms in total. The summed E-state index contributed by atoms with van der Waals surface area (Å²) in [6.45, 7) is 2.25. The van der Waals surface area contributed by atoms with Gasteiger partial charge in [-0.15, -0.1) is 0 Å². The van der Waals surface area contributed by atoms with Gasteiger partial charge in [0.2, 0.25) is 11.8 Å². The predicted octanol–water partition coefficient (Wildman–Crippen LogP) is 4.17. The van der Waals surface area contributed by atoms with E-state index in [1.807, 2.05) is 47.9 Å². The highest BCUT2D eigenvalue weighted by Crippen LogP contribution is 2.23. The third kappa shape index (κ3) is 3.79. The van der Waals surface area contributed by atoms with Crippen molar-refractivity contribution >= 4 is 22.5 Å². The molecule has 2 aromatic carbocycles. The van der Waals surface area contributed by atoms with Gasteiger partial charge in [-0.05, 0) is 36.6 Å². The summed E-state index contributed by atoms with van der Waals surface area (Å²) in [6, 6.07) is 17.3. The first kappa shape index (κ1) is 16.8. The number of ether oxygens (including phenoxy) is 1. The number of fused-ring (bicyclic) bond motifs is 1. The highest BCUT2D eigenvalue weighted by molar-refractivity contribution is 5.92. The van der Waals surface area contributed by atoms with Crippen LogP contribution in [0.3, 0.4) is 0 Å². The number of hydrogen-bond acceptors (Lipinski definition) is 4. The average molecular weight is 358 g/mol. The van der Waals surface area contributed by atoms with Gasteiger partial charge in [-0.3, -0.25) is 9.78 Å². The number of benzene rings is 2. The lowest BCUT2D eigenvalue weighted by molar-refractivity contribution is -0.116. The molecule has 0 radical (unpaired) electrons. The molecule has 0 fully saturated rings. The third-order valence-electron chi connectivity index (χ3n) is 4.20. The van der Waals surface area contributed by atoms with Gasteiger partial charge in [-0.25, -0.2) is 4.98 Å². The van der Waals surface area contributed by atoms with Gasteiger partial charge in [0.1, 0.15) is 12.3 Å². The molecule has 0 spiro atoms. The van der Waals surface area contributed by atoms with Crippen LogP contribution in [0.2, 0.25) is 0 Å². The highest BCUT2D eigenvalue weighted by Gasteiger charge is 2.10. The number of rotatable bonds is 5. The fourth-order valence-electron chi connectivity index (χ4n) is 3.00. The molecule has 2 aromatic heterocycles. The molecule has 4 rings (SSSR count). The van der Waals surface area contributed by atoms with Crippen molar-refractivity contribution < 1.29 is 9.53 Å². The fraction of sp³-hybridized carbons (Fsp3) is 0.0952. The van der Waals surface area contributed by atoms with Crippen LogP contribution < -0.4 is 10.1 Å². The van der Waals surface area contributed by atoms with Crippen molar-refractivity contribution in [3.8, 4) is 11.6 Å². The molecule has 0 saturated heterocycles. The van der Waals surface area contributed by atoms with E-state index in [1.54, 1.807) is 24.5 Å². The number of aromatic nitrogens is 3. The maximum Gasteiger partial charge on any atom is 0.244 e. The fourth-order valence-corrected chi connectivity index (χ4v) is 3.00. The molecular weight excluding hydrogens is 340 g/mol. The molecule has 0 saturated carbocycles. The van der Waals surface area contributed by atoms with E-state index < -0.39 is 0 Å². The largest absolute Gasteiger partial charge is 0.437 e. The van der Waals surface area contributed by atoms with Crippen LogP contribution in [0.1, 0.15) is 5.69 Å². The molecular formula is C21H18N4O2. The molecule has 0 aliphatic carbocycles. The van der Waals surface area contributed by atoms with Gasteiger partial charge in [-0.2, -0.15) is 0 Å². The van der Waals surface area contributed by atoms with Crippen LogP contribution in [-0.2, 0) is 11.3 Å². The highest BCUT2D eigenvalue weighted by atomic mass is 16.5. The molecule has 1 amide bonds. The molecule has 2 heterocycles. The lowest BCUT2D eigenvalue weighted by Crippen LogP contribution is -2.19. The Balaban J connectivity index is 1.48. The number of nitrogens with one attached hydrogen (secondary N) is 1. The second-order valence-corrected chi connectivity index (χ2v) is 6.15. The maximum absolute atomic E-state index is 12.6. The average Bonchev–Trinajstić information content (AvgIpc) is 2.98. The number of hydrogen-bond donors (Lipinski definition) is 1. The zero-order valence-corrected chi connectivity index (χ0v) is 14.8. The first-order valence-electron chi connectivity index (χ1n) is 8.58. The number of aryl methyl sites for hydroxylation is 1. The third-order valence-corrected chi connectivity index (χ3v) is 4.20. The zero-order valence-electron chi connectivity index (χ0n) is 14.8. The molecule has 27 heavy (non-hydrogen) atoms. The summed E-state index contributed by atoms with van der Waals surface area (Å²) in [6.07, 6.45) is 4.67.